The predicted molar refractivity (Wildman–Crippen MR) is 71.0 cm³/mol. The number of aromatic nitrogens is 1. The Labute approximate surface area is 110 Å². The van der Waals surface area contributed by atoms with Gasteiger partial charge in [-0.05, 0) is 12.1 Å². The number of nitrogens with zero attached hydrogens (tertiary/aromatic N) is 1. The van der Waals surface area contributed by atoms with Gasteiger partial charge in [-0.3, -0.25) is 0 Å². The van der Waals surface area contributed by atoms with Crippen LogP contribution in [0.2, 0.25) is 0 Å². The van der Waals surface area contributed by atoms with Crippen LogP contribution in [-0.2, 0) is 13.0 Å². The second-order valence-electron chi connectivity index (χ2n) is 4.00. The largest absolute Gasteiger partial charge is 0.478 e. The number of hydrogen-bond donors (Lipinski definition) is 3. The Morgan fingerprint density at radius 2 is 2.32 bits per heavy atom. The number of hydrogen-bond acceptors (Lipinski definition) is 5. The first kappa shape index (κ1) is 12.9. The molecule has 1 heterocycles. The summed E-state index contributed by atoms with van der Waals surface area (Å²) in [7, 11) is 0. The fourth-order valence-electron chi connectivity index (χ4n) is 1.67. The molecule has 0 aliphatic heterocycles. The lowest BCUT2D eigenvalue weighted by Crippen LogP contribution is -2.07. The van der Waals surface area contributed by atoms with Gasteiger partial charge in [0.1, 0.15) is 5.76 Å². The van der Waals surface area contributed by atoms with Gasteiger partial charge in [0.15, 0.2) is 0 Å². The molecule has 19 heavy (non-hydrogen) atoms. The molecule has 0 unspecified atom stereocenters. The van der Waals surface area contributed by atoms with Crippen molar-refractivity contribution in [2.45, 2.75) is 19.9 Å². The molecule has 0 saturated heterocycles. The Kier molecular flexibility index (Phi) is 3.70. The Morgan fingerprint density at radius 3 is 2.95 bits per heavy atom. The first-order valence-electron chi connectivity index (χ1n) is 5.91. The number of aromatic carboxylic acids is 1. The molecule has 0 atom stereocenters. The SMILES string of the molecule is CCc1cnc(CNc2cccc(C(=O)O)c2N)o1. The predicted octanol–water partition coefficient (Wildman–Crippen LogP) is 2.13. The summed E-state index contributed by atoms with van der Waals surface area (Å²) in [6.45, 7) is 2.33. The first-order valence-corrected chi connectivity index (χ1v) is 5.91. The fourth-order valence-corrected chi connectivity index (χ4v) is 1.67. The van der Waals surface area contributed by atoms with Gasteiger partial charge in [-0.1, -0.05) is 13.0 Å². The maximum absolute atomic E-state index is 11.0. The van der Waals surface area contributed by atoms with E-state index in [9.17, 15) is 4.79 Å². The average Bonchev–Trinajstić information content (AvgIpc) is 2.85. The Bertz CT molecular complexity index is 593. The molecule has 0 amide bonds. The Balaban J connectivity index is 2.11. The summed E-state index contributed by atoms with van der Waals surface area (Å²) in [6, 6.07) is 4.81. The van der Waals surface area contributed by atoms with E-state index < -0.39 is 5.97 Å². The Hall–Kier alpha value is -2.50. The smallest absolute Gasteiger partial charge is 0.337 e. The van der Waals surface area contributed by atoms with Crippen LogP contribution in [0.5, 0.6) is 0 Å². The second-order valence-corrected chi connectivity index (χ2v) is 4.00. The molecule has 100 valence electrons. The second kappa shape index (κ2) is 5.43. The molecule has 0 radical (unpaired) electrons. The van der Waals surface area contributed by atoms with Crippen LogP contribution in [0, 0.1) is 0 Å². The van der Waals surface area contributed by atoms with Gasteiger partial charge in [0.05, 0.1) is 29.7 Å². The molecule has 0 fully saturated rings. The van der Waals surface area contributed by atoms with Crippen LogP contribution in [0.15, 0.2) is 28.8 Å². The van der Waals surface area contributed by atoms with Crippen LogP contribution in [-0.4, -0.2) is 16.1 Å². The van der Waals surface area contributed by atoms with Gasteiger partial charge in [-0.2, -0.15) is 0 Å². The molecule has 0 saturated carbocycles. The van der Waals surface area contributed by atoms with Gasteiger partial charge in [-0.15, -0.1) is 0 Å². The van der Waals surface area contributed by atoms with E-state index in [-0.39, 0.29) is 11.3 Å². The van der Waals surface area contributed by atoms with E-state index in [0.29, 0.717) is 18.1 Å². The third-order valence-electron chi connectivity index (χ3n) is 2.72. The van der Waals surface area contributed by atoms with E-state index in [1.54, 1.807) is 18.3 Å². The summed E-state index contributed by atoms with van der Waals surface area (Å²) in [5.74, 6) is 0.298. The number of rotatable bonds is 5. The Morgan fingerprint density at radius 1 is 1.53 bits per heavy atom. The molecule has 0 aliphatic rings. The van der Waals surface area contributed by atoms with Gasteiger partial charge in [-0.25, -0.2) is 9.78 Å². The lowest BCUT2D eigenvalue weighted by Gasteiger charge is -2.09. The van der Waals surface area contributed by atoms with Crippen LogP contribution in [0.25, 0.3) is 0 Å². The fraction of sp³-hybridized carbons (Fsp3) is 0.231. The van der Waals surface area contributed by atoms with Crippen molar-refractivity contribution in [2.24, 2.45) is 0 Å². The van der Waals surface area contributed by atoms with E-state index in [1.807, 2.05) is 6.92 Å². The van der Waals surface area contributed by atoms with Crippen LogP contribution in [0.1, 0.15) is 28.9 Å². The molecule has 1 aromatic heterocycles. The van der Waals surface area contributed by atoms with Crippen molar-refractivity contribution in [3.63, 3.8) is 0 Å². The van der Waals surface area contributed by atoms with E-state index >= 15 is 0 Å². The highest BCUT2D eigenvalue weighted by atomic mass is 16.4. The molecule has 1 aromatic carbocycles. The maximum atomic E-state index is 11.0. The minimum absolute atomic E-state index is 0.0756. The number of carboxylic acids is 1. The summed E-state index contributed by atoms with van der Waals surface area (Å²) in [5.41, 5.74) is 6.62. The van der Waals surface area contributed by atoms with Crippen molar-refractivity contribution >= 4 is 17.3 Å². The lowest BCUT2D eigenvalue weighted by atomic mass is 10.1. The summed E-state index contributed by atoms with van der Waals surface area (Å²) in [5, 5.41) is 12.0. The summed E-state index contributed by atoms with van der Waals surface area (Å²) in [4.78, 5) is 15.1. The van der Waals surface area contributed by atoms with Gasteiger partial charge in [0.2, 0.25) is 5.89 Å². The number of benzene rings is 1. The van der Waals surface area contributed by atoms with Gasteiger partial charge < -0.3 is 20.6 Å². The molecule has 4 N–H and O–H groups in total. The number of oxazole rings is 1. The van der Waals surface area contributed by atoms with Gasteiger partial charge >= 0.3 is 5.97 Å². The molecule has 0 bridgehead atoms. The van der Waals surface area contributed by atoms with Crippen molar-refractivity contribution in [3.8, 4) is 0 Å². The van der Waals surface area contributed by atoms with Crippen molar-refractivity contribution in [1.82, 2.24) is 4.98 Å². The standard InChI is InChI=1S/C13H15N3O3/c1-2-8-6-16-11(19-8)7-15-10-5-3-4-9(12(10)14)13(17)18/h3-6,15H,2,7,14H2,1H3,(H,17,18). The topological polar surface area (TPSA) is 101 Å². The first-order chi connectivity index (χ1) is 9.11. The highest BCUT2D eigenvalue weighted by Crippen LogP contribution is 2.23. The lowest BCUT2D eigenvalue weighted by molar-refractivity contribution is 0.0698. The van der Waals surface area contributed by atoms with Crippen molar-refractivity contribution in [2.75, 3.05) is 11.1 Å². The number of nitrogens with two attached hydrogens (primary N) is 1. The molecule has 6 nitrogen and oxygen atoms in total. The number of carbonyl (C=O) groups is 1. The molecular formula is C13H15N3O3. The van der Waals surface area contributed by atoms with Gasteiger partial charge in [0, 0.05) is 6.42 Å². The summed E-state index contributed by atoms with van der Waals surface area (Å²) < 4.78 is 5.44. The minimum Gasteiger partial charge on any atom is -0.478 e. The van der Waals surface area contributed by atoms with Crippen molar-refractivity contribution in [1.29, 1.82) is 0 Å². The molecular weight excluding hydrogens is 246 g/mol. The van der Waals surface area contributed by atoms with Crippen LogP contribution >= 0.6 is 0 Å². The normalized spacial score (nSPS) is 10.4. The number of nitrogen functional groups attached to an aromatic ring is 1. The van der Waals surface area contributed by atoms with Crippen molar-refractivity contribution < 1.29 is 14.3 Å². The van der Waals surface area contributed by atoms with Gasteiger partial charge in [0.25, 0.3) is 0 Å². The zero-order chi connectivity index (χ0) is 13.8. The number of anilines is 2. The third-order valence-corrected chi connectivity index (χ3v) is 2.72. The van der Waals surface area contributed by atoms with Crippen LogP contribution in [0.4, 0.5) is 11.4 Å². The zero-order valence-corrected chi connectivity index (χ0v) is 10.5. The minimum atomic E-state index is -1.05. The molecule has 2 aromatic rings. The summed E-state index contributed by atoms with van der Waals surface area (Å²) in [6.07, 6.45) is 2.46. The monoisotopic (exact) mass is 261 g/mol. The number of nitrogens with one attached hydrogen (secondary N) is 1. The van der Waals surface area contributed by atoms with E-state index in [1.165, 1.54) is 6.07 Å². The third kappa shape index (κ3) is 2.85. The summed E-state index contributed by atoms with van der Waals surface area (Å²) >= 11 is 0. The van der Waals surface area contributed by atoms with Crippen molar-refractivity contribution in [3.05, 3.63) is 41.6 Å². The highest BCUT2D eigenvalue weighted by molar-refractivity contribution is 5.97. The number of carboxylic acid groups (broad SMARTS) is 1. The van der Waals surface area contributed by atoms with Crippen LogP contribution in [0.3, 0.4) is 0 Å². The molecule has 0 aliphatic carbocycles. The maximum Gasteiger partial charge on any atom is 0.337 e. The molecule has 6 heteroatoms. The quantitative estimate of drug-likeness (QED) is 0.713. The zero-order valence-electron chi connectivity index (χ0n) is 10.5. The number of para-hydroxylation sites is 1. The molecule has 0 spiro atoms. The molecule has 2 rings (SSSR count). The van der Waals surface area contributed by atoms with Crippen LogP contribution < -0.4 is 11.1 Å². The van der Waals surface area contributed by atoms with E-state index in [0.717, 1.165) is 12.2 Å². The van der Waals surface area contributed by atoms with E-state index in [2.05, 4.69) is 10.3 Å². The highest BCUT2D eigenvalue weighted by Gasteiger charge is 2.11. The van der Waals surface area contributed by atoms with E-state index in [4.69, 9.17) is 15.3 Å². The number of aryl methyl sites for hydroxylation is 1. The average molecular weight is 261 g/mol.